The summed E-state index contributed by atoms with van der Waals surface area (Å²) >= 11 is 1.11. The molecule has 0 saturated heterocycles. The Morgan fingerprint density at radius 3 is 2.50 bits per heavy atom. The van der Waals surface area contributed by atoms with Gasteiger partial charge in [-0.1, -0.05) is 53.8 Å². The third-order valence-corrected chi connectivity index (χ3v) is 8.48. The summed E-state index contributed by atoms with van der Waals surface area (Å²) in [6.07, 6.45) is 3.57. The van der Waals surface area contributed by atoms with Crippen LogP contribution in [-0.2, 0) is 30.5 Å². The largest absolute Gasteiger partial charge is 0.506 e. The van der Waals surface area contributed by atoms with Crippen LogP contribution in [0.5, 0.6) is 5.75 Å². The molecular weight excluding hydrogens is 527 g/mol. The lowest BCUT2D eigenvalue weighted by Crippen LogP contribution is -2.45. The van der Waals surface area contributed by atoms with Crippen LogP contribution in [0, 0.1) is 5.82 Å². The molecule has 3 aromatic carbocycles. The number of aromatic nitrogens is 1. The van der Waals surface area contributed by atoms with Gasteiger partial charge >= 0.3 is 4.87 Å². The number of phenols is 1. The van der Waals surface area contributed by atoms with Gasteiger partial charge in [-0.3, -0.25) is 9.59 Å². The monoisotopic (exact) mass is 562 g/mol. The maximum atomic E-state index is 13.4. The van der Waals surface area contributed by atoms with Gasteiger partial charge in [0, 0.05) is 32.1 Å². The normalized spacial score (nSPS) is 13.1. The third-order valence-electron chi connectivity index (χ3n) is 7.53. The number of H-pyrrole nitrogens is 1. The van der Waals surface area contributed by atoms with Crippen LogP contribution in [0.15, 0.2) is 65.5 Å². The van der Waals surface area contributed by atoms with Gasteiger partial charge in [0.05, 0.1) is 4.70 Å². The van der Waals surface area contributed by atoms with E-state index in [1.54, 1.807) is 18.2 Å². The average Bonchev–Trinajstić information content (AvgIpc) is 3.55. The van der Waals surface area contributed by atoms with Crippen molar-refractivity contribution >= 4 is 27.5 Å². The van der Waals surface area contributed by atoms with Gasteiger partial charge in [-0.15, -0.1) is 0 Å². The van der Waals surface area contributed by atoms with E-state index in [0.29, 0.717) is 57.5 Å². The maximum absolute atomic E-state index is 13.4. The van der Waals surface area contributed by atoms with Crippen molar-refractivity contribution in [2.75, 3.05) is 32.7 Å². The molecule has 0 radical (unpaired) electrons. The van der Waals surface area contributed by atoms with Crippen LogP contribution in [0.2, 0.25) is 0 Å². The third kappa shape index (κ3) is 6.96. The molecule has 7 nitrogen and oxygen atoms in total. The minimum Gasteiger partial charge on any atom is -0.506 e. The molecule has 4 N–H and O–H groups in total. The number of nitrogens with one attached hydrogen (secondary N) is 3. The zero-order chi connectivity index (χ0) is 27.9. The highest BCUT2D eigenvalue weighted by atomic mass is 32.1. The Labute approximate surface area is 237 Å². The number of aromatic hydroxyl groups is 1. The highest BCUT2D eigenvalue weighted by Gasteiger charge is 2.29. The molecule has 4 aromatic rings. The van der Waals surface area contributed by atoms with Gasteiger partial charge in [0.1, 0.15) is 17.1 Å². The molecule has 0 fully saturated rings. The summed E-state index contributed by atoms with van der Waals surface area (Å²) in [5.41, 5.74) is 5.07. The zero-order valence-electron chi connectivity index (χ0n) is 22.4. The molecule has 1 aliphatic rings. The van der Waals surface area contributed by atoms with Gasteiger partial charge in [-0.2, -0.15) is 0 Å². The molecule has 1 aliphatic carbocycles. The lowest BCUT2D eigenvalue weighted by Gasteiger charge is -2.29. The van der Waals surface area contributed by atoms with Crippen molar-refractivity contribution in [3.8, 4) is 5.75 Å². The molecule has 1 heterocycles. The van der Waals surface area contributed by atoms with Crippen LogP contribution < -0.4 is 15.5 Å². The summed E-state index contributed by atoms with van der Waals surface area (Å²) in [7, 11) is 0. The number of rotatable bonds is 13. The summed E-state index contributed by atoms with van der Waals surface area (Å²) < 4.78 is 14.2. The number of carbonyl (C=O) groups excluding carboxylic acids is 1. The number of thiazole rings is 1. The molecule has 210 valence electrons. The van der Waals surface area contributed by atoms with E-state index in [1.165, 1.54) is 17.2 Å². The molecule has 0 atom stereocenters. The minimum absolute atomic E-state index is 0.0835. The van der Waals surface area contributed by atoms with Gasteiger partial charge in [0.15, 0.2) is 0 Å². The second-order valence-corrected chi connectivity index (χ2v) is 11.2. The first-order chi connectivity index (χ1) is 19.5. The Bertz CT molecular complexity index is 1490. The number of carbonyl (C=O) groups is 1. The number of halogens is 1. The van der Waals surface area contributed by atoms with Crippen molar-refractivity contribution in [1.29, 1.82) is 0 Å². The van der Waals surface area contributed by atoms with E-state index in [0.717, 1.165) is 40.0 Å². The van der Waals surface area contributed by atoms with Gasteiger partial charge in [0.2, 0.25) is 5.91 Å². The van der Waals surface area contributed by atoms with Crippen molar-refractivity contribution in [1.82, 2.24) is 20.5 Å². The highest BCUT2D eigenvalue weighted by Crippen LogP contribution is 2.28. The van der Waals surface area contributed by atoms with Crippen LogP contribution >= 0.6 is 11.3 Å². The van der Waals surface area contributed by atoms with Crippen LogP contribution in [0.1, 0.15) is 28.7 Å². The van der Waals surface area contributed by atoms with Crippen LogP contribution in [0.4, 0.5) is 4.39 Å². The smallest absolute Gasteiger partial charge is 0.305 e. The highest BCUT2D eigenvalue weighted by molar-refractivity contribution is 7.16. The van der Waals surface area contributed by atoms with E-state index in [-0.39, 0.29) is 28.4 Å². The quantitative estimate of drug-likeness (QED) is 0.186. The zero-order valence-corrected chi connectivity index (χ0v) is 23.2. The van der Waals surface area contributed by atoms with Crippen molar-refractivity contribution in [2.45, 2.75) is 38.1 Å². The second-order valence-electron chi connectivity index (χ2n) is 10.3. The predicted octanol–water partition coefficient (Wildman–Crippen LogP) is 3.78. The van der Waals surface area contributed by atoms with E-state index in [2.05, 4.69) is 39.9 Å². The minimum atomic E-state index is -0.229. The van der Waals surface area contributed by atoms with Crippen LogP contribution in [0.25, 0.3) is 10.2 Å². The summed E-state index contributed by atoms with van der Waals surface area (Å²) in [5.74, 6) is -0.0112. The predicted molar refractivity (Wildman–Crippen MR) is 158 cm³/mol. The number of nitrogens with zero attached hydrogens (tertiary/aromatic N) is 1. The summed E-state index contributed by atoms with van der Waals surface area (Å²) in [5, 5.41) is 16.8. The van der Waals surface area contributed by atoms with E-state index in [9.17, 15) is 19.1 Å². The van der Waals surface area contributed by atoms with E-state index in [1.807, 2.05) is 17.0 Å². The topological polar surface area (TPSA) is 97.5 Å². The van der Waals surface area contributed by atoms with E-state index < -0.39 is 0 Å². The number of aromatic amines is 1. The van der Waals surface area contributed by atoms with Crippen LogP contribution in [0.3, 0.4) is 0 Å². The second kappa shape index (κ2) is 13.2. The number of fused-ring (bicyclic) bond motifs is 2. The van der Waals surface area contributed by atoms with Gasteiger partial charge in [-0.25, -0.2) is 4.39 Å². The molecule has 0 aliphatic heterocycles. The van der Waals surface area contributed by atoms with Gasteiger partial charge in [-0.05, 0) is 79.2 Å². The fourth-order valence-corrected chi connectivity index (χ4v) is 6.37. The SMILES string of the molecule is O=C(CCNCCc1cccc(F)c1)N(CCNCCc1ccc(O)c2[nH]c(=O)sc12)C1Cc2ccccc2C1. The number of phenolic OH excluding ortho intramolecular Hbond substituents is 1. The van der Waals surface area contributed by atoms with E-state index in [4.69, 9.17) is 0 Å². The van der Waals surface area contributed by atoms with Crippen molar-refractivity contribution < 1.29 is 14.3 Å². The fourth-order valence-electron chi connectivity index (χ4n) is 5.47. The summed E-state index contributed by atoms with van der Waals surface area (Å²) in [4.78, 5) is 29.7. The Hall–Kier alpha value is -3.53. The molecule has 0 saturated carbocycles. The van der Waals surface area contributed by atoms with Crippen molar-refractivity contribution in [2.24, 2.45) is 0 Å². The summed E-state index contributed by atoms with van der Waals surface area (Å²) in [6, 6.07) is 18.6. The first-order valence-electron chi connectivity index (χ1n) is 13.8. The standard InChI is InChI=1S/C31H35FN4O3S/c32-25-7-3-4-21(18-25)10-13-33-15-12-28(38)36(26-19-23-5-1-2-6-24(23)20-26)17-16-34-14-11-22-8-9-27(37)29-30(22)40-31(39)35-29/h1-9,18,26,33-34,37H,10-17,19-20H2,(H,35,39). The molecule has 40 heavy (non-hydrogen) atoms. The summed E-state index contributed by atoms with van der Waals surface area (Å²) in [6.45, 7) is 3.24. The molecule has 1 aromatic heterocycles. The first kappa shape index (κ1) is 28.0. The van der Waals surface area contributed by atoms with Crippen molar-refractivity contribution in [3.63, 3.8) is 0 Å². The Morgan fingerprint density at radius 1 is 0.975 bits per heavy atom. The Balaban J connectivity index is 1.12. The number of amides is 1. The molecule has 1 amide bonds. The maximum Gasteiger partial charge on any atom is 0.305 e. The van der Waals surface area contributed by atoms with E-state index >= 15 is 0 Å². The molecular formula is C31H35FN4O3S. The number of hydrogen-bond acceptors (Lipinski definition) is 6. The first-order valence-corrected chi connectivity index (χ1v) is 14.7. The lowest BCUT2D eigenvalue weighted by atomic mass is 10.1. The number of hydrogen-bond donors (Lipinski definition) is 4. The molecule has 0 unspecified atom stereocenters. The molecule has 5 rings (SSSR count). The Kier molecular flexibility index (Phi) is 9.26. The van der Waals surface area contributed by atoms with Crippen molar-refractivity contribution in [3.05, 3.63) is 98.4 Å². The van der Waals surface area contributed by atoms with Gasteiger partial charge in [0.25, 0.3) is 0 Å². The average molecular weight is 563 g/mol. The van der Waals surface area contributed by atoms with Crippen LogP contribution in [-0.4, -0.2) is 59.7 Å². The Morgan fingerprint density at radius 2 is 1.73 bits per heavy atom. The molecule has 9 heteroatoms. The molecule has 0 spiro atoms. The molecule has 0 bridgehead atoms. The lowest BCUT2D eigenvalue weighted by molar-refractivity contribution is -0.133. The number of benzene rings is 3. The fraction of sp³-hybridized carbons (Fsp3) is 0.355. The van der Waals surface area contributed by atoms with Gasteiger partial charge < -0.3 is 25.6 Å².